The van der Waals surface area contributed by atoms with Gasteiger partial charge in [0.15, 0.2) is 0 Å². The Kier molecular flexibility index (Phi) is 4.29. The number of aromatic hydroxyl groups is 1. The minimum Gasteiger partial charge on any atom is -0.506 e. The van der Waals surface area contributed by atoms with Gasteiger partial charge in [-0.25, -0.2) is 4.79 Å². The van der Waals surface area contributed by atoms with Gasteiger partial charge >= 0.3 is 5.97 Å². The molecule has 2 aromatic rings. The van der Waals surface area contributed by atoms with Crippen LogP contribution < -0.4 is 4.74 Å². The molecule has 4 nitrogen and oxygen atoms in total. The average molecular weight is 337 g/mol. The van der Waals surface area contributed by atoms with Crippen molar-refractivity contribution < 1.29 is 19.7 Å². The standard InChI is InChI=1S/C15H13BrO4/c1-9-4-2-3-5-10(9)8-20-11-6-12(15(18)19)14(17)13(16)7-11/h2-7,17H,8H2,1H3,(H,18,19). The lowest BCUT2D eigenvalue weighted by atomic mass is 10.1. The largest absolute Gasteiger partial charge is 0.506 e. The molecule has 0 atom stereocenters. The van der Waals surface area contributed by atoms with E-state index in [-0.39, 0.29) is 15.8 Å². The van der Waals surface area contributed by atoms with Gasteiger partial charge in [0.05, 0.1) is 4.47 Å². The number of ether oxygens (including phenoxy) is 1. The lowest BCUT2D eigenvalue weighted by Gasteiger charge is -2.11. The van der Waals surface area contributed by atoms with Crippen LogP contribution in [0.4, 0.5) is 0 Å². The molecule has 0 aliphatic rings. The van der Waals surface area contributed by atoms with E-state index < -0.39 is 5.97 Å². The minimum absolute atomic E-state index is 0.195. The van der Waals surface area contributed by atoms with Crippen molar-refractivity contribution in [3.05, 3.63) is 57.6 Å². The number of rotatable bonds is 4. The van der Waals surface area contributed by atoms with E-state index in [2.05, 4.69) is 15.9 Å². The Balaban J connectivity index is 2.22. The summed E-state index contributed by atoms with van der Waals surface area (Å²) in [6, 6.07) is 10.6. The highest BCUT2D eigenvalue weighted by Gasteiger charge is 2.15. The zero-order valence-corrected chi connectivity index (χ0v) is 12.3. The monoisotopic (exact) mass is 336 g/mol. The number of benzene rings is 2. The summed E-state index contributed by atoms with van der Waals surface area (Å²) in [5.74, 6) is -1.12. The van der Waals surface area contributed by atoms with Gasteiger partial charge in [0.25, 0.3) is 0 Å². The summed E-state index contributed by atoms with van der Waals surface area (Å²) in [4.78, 5) is 11.0. The van der Waals surface area contributed by atoms with E-state index in [0.29, 0.717) is 12.4 Å². The van der Waals surface area contributed by atoms with Crippen LogP contribution in [0.25, 0.3) is 0 Å². The molecule has 2 aromatic carbocycles. The van der Waals surface area contributed by atoms with Gasteiger partial charge in [0, 0.05) is 0 Å². The third-order valence-corrected chi connectivity index (χ3v) is 3.53. The van der Waals surface area contributed by atoms with Gasteiger partial charge in [-0.15, -0.1) is 0 Å². The summed E-state index contributed by atoms with van der Waals surface area (Å²) < 4.78 is 5.88. The maximum atomic E-state index is 11.0. The lowest BCUT2D eigenvalue weighted by molar-refractivity contribution is 0.0693. The molecular weight excluding hydrogens is 324 g/mol. The van der Waals surface area contributed by atoms with E-state index in [1.54, 1.807) is 6.07 Å². The van der Waals surface area contributed by atoms with Crippen LogP contribution in [0.15, 0.2) is 40.9 Å². The van der Waals surface area contributed by atoms with Crippen LogP contribution in [0.3, 0.4) is 0 Å². The van der Waals surface area contributed by atoms with Crippen molar-refractivity contribution in [1.29, 1.82) is 0 Å². The van der Waals surface area contributed by atoms with Crippen molar-refractivity contribution in [3.63, 3.8) is 0 Å². The highest BCUT2D eigenvalue weighted by atomic mass is 79.9. The second kappa shape index (κ2) is 5.96. The predicted octanol–water partition coefficient (Wildman–Crippen LogP) is 3.74. The molecule has 0 aromatic heterocycles. The first-order chi connectivity index (χ1) is 9.49. The first-order valence-electron chi connectivity index (χ1n) is 5.92. The number of carbonyl (C=O) groups is 1. The van der Waals surface area contributed by atoms with Gasteiger partial charge in [-0.2, -0.15) is 0 Å². The highest BCUT2D eigenvalue weighted by molar-refractivity contribution is 9.10. The first kappa shape index (κ1) is 14.4. The molecular formula is C15H13BrO4. The number of halogens is 1. The second-order valence-corrected chi connectivity index (χ2v) is 5.18. The maximum Gasteiger partial charge on any atom is 0.339 e. The molecule has 5 heteroatoms. The molecule has 0 unspecified atom stereocenters. The molecule has 0 bridgehead atoms. The van der Waals surface area contributed by atoms with Gasteiger partial charge in [0.2, 0.25) is 0 Å². The Morgan fingerprint density at radius 3 is 2.65 bits per heavy atom. The zero-order chi connectivity index (χ0) is 14.7. The van der Waals surface area contributed by atoms with Crippen molar-refractivity contribution in [1.82, 2.24) is 0 Å². The van der Waals surface area contributed by atoms with Crippen molar-refractivity contribution in [2.45, 2.75) is 13.5 Å². The van der Waals surface area contributed by atoms with Gasteiger partial charge in [-0.1, -0.05) is 24.3 Å². The SMILES string of the molecule is Cc1ccccc1COc1cc(Br)c(O)c(C(=O)O)c1. The van der Waals surface area contributed by atoms with Crippen molar-refractivity contribution in [2.24, 2.45) is 0 Å². The molecule has 20 heavy (non-hydrogen) atoms. The molecule has 0 saturated carbocycles. The fourth-order valence-electron chi connectivity index (χ4n) is 1.75. The molecule has 0 radical (unpaired) electrons. The molecule has 0 spiro atoms. The summed E-state index contributed by atoms with van der Waals surface area (Å²) in [5.41, 5.74) is 1.93. The second-order valence-electron chi connectivity index (χ2n) is 4.32. The van der Waals surface area contributed by atoms with Crippen molar-refractivity contribution >= 4 is 21.9 Å². The van der Waals surface area contributed by atoms with Gasteiger partial charge < -0.3 is 14.9 Å². The zero-order valence-electron chi connectivity index (χ0n) is 10.8. The number of aromatic carboxylic acids is 1. The fourth-order valence-corrected chi connectivity index (χ4v) is 2.19. The van der Waals surface area contributed by atoms with E-state index in [9.17, 15) is 9.90 Å². The molecule has 0 saturated heterocycles. The molecule has 0 heterocycles. The van der Waals surface area contributed by atoms with Crippen molar-refractivity contribution in [3.8, 4) is 11.5 Å². The average Bonchev–Trinajstić information content (AvgIpc) is 2.41. The van der Waals surface area contributed by atoms with E-state index in [0.717, 1.165) is 11.1 Å². The van der Waals surface area contributed by atoms with Crippen LogP contribution in [0.1, 0.15) is 21.5 Å². The molecule has 0 fully saturated rings. The van der Waals surface area contributed by atoms with Gasteiger partial charge in [-0.05, 0) is 46.1 Å². The van der Waals surface area contributed by atoms with E-state index in [4.69, 9.17) is 9.84 Å². The van der Waals surface area contributed by atoms with E-state index >= 15 is 0 Å². The Bertz CT molecular complexity index is 652. The number of hydrogen-bond donors (Lipinski definition) is 2. The van der Waals surface area contributed by atoms with Crippen LogP contribution in [0.2, 0.25) is 0 Å². The molecule has 0 aliphatic heterocycles. The molecule has 104 valence electrons. The Labute approximate surface area is 124 Å². The van der Waals surface area contributed by atoms with Crippen LogP contribution in [-0.2, 0) is 6.61 Å². The predicted molar refractivity (Wildman–Crippen MR) is 78.3 cm³/mol. The number of aryl methyl sites for hydroxylation is 1. The third-order valence-electron chi connectivity index (χ3n) is 2.92. The van der Waals surface area contributed by atoms with Crippen LogP contribution in [0.5, 0.6) is 11.5 Å². The number of carboxylic acid groups (broad SMARTS) is 1. The minimum atomic E-state index is -1.20. The smallest absolute Gasteiger partial charge is 0.339 e. The van der Waals surface area contributed by atoms with Gasteiger partial charge in [-0.3, -0.25) is 0 Å². The quantitative estimate of drug-likeness (QED) is 0.892. The van der Waals surface area contributed by atoms with E-state index in [1.807, 2.05) is 31.2 Å². The maximum absolute atomic E-state index is 11.0. The topological polar surface area (TPSA) is 66.8 Å². The van der Waals surface area contributed by atoms with E-state index in [1.165, 1.54) is 6.07 Å². The summed E-state index contributed by atoms with van der Waals surface area (Å²) in [6.45, 7) is 2.32. The molecule has 0 aliphatic carbocycles. The summed E-state index contributed by atoms with van der Waals surface area (Å²) >= 11 is 3.11. The summed E-state index contributed by atoms with van der Waals surface area (Å²) in [7, 11) is 0. The number of hydrogen-bond acceptors (Lipinski definition) is 3. The fraction of sp³-hybridized carbons (Fsp3) is 0.133. The number of phenols is 1. The first-order valence-corrected chi connectivity index (χ1v) is 6.71. The third kappa shape index (κ3) is 3.11. The summed E-state index contributed by atoms with van der Waals surface area (Å²) in [6.07, 6.45) is 0. The highest BCUT2D eigenvalue weighted by Crippen LogP contribution is 2.33. The molecule has 2 rings (SSSR count). The van der Waals surface area contributed by atoms with Crippen LogP contribution >= 0.6 is 15.9 Å². The normalized spacial score (nSPS) is 10.3. The summed E-state index contributed by atoms with van der Waals surface area (Å²) in [5, 5.41) is 18.6. The van der Waals surface area contributed by atoms with Crippen LogP contribution in [0, 0.1) is 6.92 Å². The Morgan fingerprint density at radius 1 is 1.30 bits per heavy atom. The molecule has 2 N–H and O–H groups in total. The van der Waals surface area contributed by atoms with Crippen molar-refractivity contribution in [2.75, 3.05) is 0 Å². The van der Waals surface area contributed by atoms with Crippen LogP contribution in [-0.4, -0.2) is 16.2 Å². The number of carboxylic acids is 1. The van der Waals surface area contributed by atoms with Gasteiger partial charge in [0.1, 0.15) is 23.7 Å². The Morgan fingerprint density at radius 2 is 2.00 bits per heavy atom. The lowest BCUT2D eigenvalue weighted by Crippen LogP contribution is -2.01. The Hall–Kier alpha value is -2.01. The molecule has 0 amide bonds.